The summed E-state index contributed by atoms with van der Waals surface area (Å²) >= 11 is 0. The number of nitrogens with one attached hydrogen (secondary N) is 1. The molecule has 1 heterocycles. The number of rotatable bonds is 4. The molecule has 1 aromatic rings. The second-order valence-electron chi connectivity index (χ2n) is 4.99. The molecule has 0 radical (unpaired) electrons. The van der Waals surface area contributed by atoms with E-state index in [9.17, 15) is 0 Å². The molecule has 98 valence electrons. The lowest BCUT2D eigenvalue weighted by atomic mass is 10.1. The summed E-state index contributed by atoms with van der Waals surface area (Å²) in [5.74, 6) is 0. The molecule has 1 aromatic carbocycles. The summed E-state index contributed by atoms with van der Waals surface area (Å²) in [6.07, 6.45) is 4.80. The first-order chi connectivity index (χ1) is 8.86. The highest BCUT2D eigenvalue weighted by atomic mass is 15.1. The second-order valence-corrected chi connectivity index (χ2v) is 4.99. The molecule has 18 heavy (non-hydrogen) atoms. The Morgan fingerprint density at radius 2 is 2.06 bits per heavy atom. The molecular formula is C16H24N2. The molecule has 2 heteroatoms. The Hall–Kier alpha value is -1.12. The van der Waals surface area contributed by atoms with Crippen LogP contribution in [0.15, 0.2) is 36.4 Å². The van der Waals surface area contributed by atoms with Gasteiger partial charge in [-0.1, -0.05) is 36.4 Å². The third-order valence-corrected chi connectivity index (χ3v) is 3.56. The van der Waals surface area contributed by atoms with Crippen LogP contribution < -0.4 is 5.32 Å². The minimum atomic E-state index is 1.14. The van der Waals surface area contributed by atoms with Crippen LogP contribution in [0.2, 0.25) is 0 Å². The number of nitrogens with zero attached hydrogens (tertiary/aromatic N) is 1. The quantitative estimate of drug-likeness (QED) is 0.876. The highest BCUT2D eigenvalue weighted by Crippen LogP contribution is 2.13. The Kier molecular flexibility index (Phi) is 5.43. The van der Waals surface area contributed by atoms with Crippen molar-refractivity contribution in [3.05, 3.63) is 42.0 Å². The molecular weight excluding hydrogens is 220 g/mol. The van der Waals surface area contributed by atoms with E-state index in [1.165, 1.54) is 43.7 Å². The summed E-state index contributed by atoms with van der Waals surface area (Å²) in [6, 6.07) is 10.6. The van der Waals surface area contributed by atoms with Crippen LogP contribution in [0.25, 0.3) is 5.57 Å². The van der Waals surface area contributed by atoms with Crippen molar-refractivity contribution < 1.29 is 0 Å². The van der Waals surface area contributed by atoms with Crippen LogP contribution in [-0.4, -0.2) is 37.6 Å². The normalized spacial score (nSPS) is 18.6. The lowest BCUT2D eigenvalue weighted by Gasteiger charge is -2.18. The van der Waals surface area contributed by atoms with Gasteiger partial charge in [0.1, 0.15) is 0 Å². The molecule has 1 fully saturated rings. The summed E-state index contributed by atoms with van der Waals surface area (Å²) < 4.78 is 0. The zero-order valence-corrected chi connectivity index (χ0v) is 11.4. The van der Waals surface area contributed by atoms with Crippen molar-refractivity contribution in [2.24, 2.45) is 0 Å². The van der Waals surface area contributed by atoms with E-state index in [2.05, 4.69) is 53.5 Å². The van der Waals surface area contributed by atoms with E-state index in [0.29, 0.717) is 0 Å². The zero-order chi connectivity index (χ0) is 12.6. The highest BCUT2D eigenvalue weighted by molar-refractivity contribution is 5.63. The van der Waals surface area contributed by atoms with Gasteiger partial charge < -0.3 is 10.2 Å². The molecule has 2 nitrogen and oxygen atoms in total. The molecule has 0 bridgehead atoms. The van der Waals surface area contributed by atoms with E-state index in [4.69, 9.17) is 0 Å². The van der Waals surface area contributed by atoms with Gasteiger partial charge in [-0.15, -0.1) is 0 Å². The van der Waals surface area contributed by atoms with Gasteiger partial charge in [0.05, 0.1) is 0 Å². The average Bonchev–Trinajstić information content (AvgIpc) is 2.68. The highest BCUT2D eigenvalue weighted by Gasteiger charge is 2.06. The van der Waals surface area contributed by atoms with Crippen LogP contribution in [-0.2, 0) is 0 Å². The summed E-state index contributed by atoms with van der Waals surface area (Å²) in [4.78, 5) is 2.56. The van der Waals surface area contributed by atoms with Gasteiger partial charge in [0, 0.05) is 19.6 Å². The Labute approximate surface area is 111 Å². The molecule has 0 saturated carbocycles. The van der Waals surface area contributed by atoms with Crippen molar-refractivity contribution >= 4 is 5.57 Å². The molecule has 1 saturated heterocycles. The van der Waals surface area contributed by atoms with Crippen molar-refractivity contribution in [1.82, 2.24) is 10.2 Å². The van der Waals surface area contributed by atoms with Crippen molar-refractivity contribution in [2.45, 2.75) is 19.8 Å². The lowest BCUT2D eigenvalue weighted by molar-refractivity contribution is 0.298. The van der Waals surface area contributed by atoms with Crippen molar-refractivity contribution in [1.29, 1.82) is 0 Å². The third kappa shape index (κ3) is 4.28. The molecule has 0 unspecified atom stereocenters. The predicted octanol–water partition coefficient (Wildman–Crippen LogP) is 2.78. The average molecular weight is 244 g/mol. The van der Waals surface area contributed by atoms with Crippen LogP contribution >= 0.6 is 0 Å². The molecule has 0 amide bonds. The Balaban J connectivity index is 1.79. The maximum atomic E-state index is 3.45. The first kappa shape index (κ1) is 13.3. The SMILES string of the molecule is C/C(=C\CCN1CCCNCC1)c1ccccc1. The maximum absolute atomic E-state index is 3.45. The molecule has 0 aliphatic carbocycles. The van der Waals surface area contributed by atoms with Gasteiger partial charge >= 0.3 is 0 Å². The topological polar surface area (TPSA) is 15.3 Å². The maximum Gasteiger partial charge on any atom is 0.0107 e. The summed E-state index contributed by atoms with van der Waals surface area (Å²) in [5, 5.41) is 3.45. The summed E-state index contributed by atoms with van der Waals surface area (Å²) in [6.45, 7) is 8.14. The second kappa shape index (κ2) is 7.34. The van der Waals surface area contributed by atoms with Gasteiger partial charge in [0.2, 0.25) is 0 Å². The smallest absolute Gasteiger partial charge is 0.0107 e. The lowest BCUT2D eigenvalue weighted by Crippen LogP contribution is -2.28. The van der Waals surface area contributed by atoms with Crippen LogP contribution in [0.5, 0.6) is 0 Å². The van der Waals surface area contributed by atoms with E-state index < -0.39 is 0 Å². The summed E-state index contributed by atoms with van der Waals surface area (Å²) in [7, 11) is 0. The first-order valence-electron chi connectivity index (χ1n) is 7.01. The fraction of sp³-hybridized carbons (Fsp3) is 0.500. The molecule has 0 aromatic heterocycles. The minimum absolute atomic E-state index is 1.14. The van der Waals surface area contributed by atoms with Gasteiger partial charge in [0.15, 0.2) is 0 Å². The van der Waals surface area contributed by atoms with Crippen LogP contribution in [0.4, 0.5) is 0 Å². The summed E-state index contributed by atoms with van der Waals surface area (Å²) in [5.41, 5.74) is 2.73. The molecule has 0 spiro atoms. The van der Waals surface area contributed by atoms with Crippen molar-refractivity contribution in [3.63, 3.8) is 0 Å². The number of hydrogen-bond acceptors (Lipinski definition) is 2. The Morgan fingerprint density at radius 3 is 2.89 bits per heavy atom. The van der Waals surface area contributed by atoms with Gasteiger partial charge in [-0.3, -0.25) is 0 Å². The van der Waals surface area contributed by atoms with Crippen molar-refractivity contribution in [2.75, 3.05) is 32.7 Å². The van der Waals surface area contributed by atoms with Gasteiger partial charge in [0.25, 0.3) is 0 Å². The van der Waals surface area contributed by atoms with E-state index in [0.717, 1.165) is 13.0 Å². The predicted molar refractivity (Wildman–Crippen MR) is 78.6 cm³/mol. The van der Waals surface area contributed by atoms with Gasteiger partial charge in [-0.05, 0) is 44.0 Å². The zero-order valence-electron chi connectivity index (χ0n) is 11.4. The fourth-order valence-electron chi connectivity index (χ4n) is 2.41. The number of hydrogen-bond donors (Lipinski definition) is 1. The molecule has 2 rings (SSSR count). The van der Waals surface area contributed by atoms with Gasteiger partial charge in [-0.25, -0.2) is 0 Å². The monoisotopic (exact) mass is 244 g/mol. The van der Waals surface area contributed by atoms with Crippen LogP contribution in [0, 0.1) is 0 Å². The molecule has 1 aliphatic rings. The molecule has 0 atom stereocenters. The van der Waals surface area contributed by atoms with E-state index >= 15 is 0 Å². The largest absolute Gasteiger partial charge is 0.315 e. The molecule has 1 aliphatic heterocycles. The fourth-order valence-corrected chi connectivity index (χ4v) is 2.41. The number of benzene rings is 1. The first-order valence-corrected chi connectivity index (χ1v) is 7.01. The molecule has 1 N–H and O–H groups in total. The minimum Gasteiger partial charge on any atom is -0.315 e. The van der Waals surface area contributed by atoms with Crippen LogP contribution in [0.3, 0.4) is 0 Å². The van der Waals surface area contributed by atoms with Crippen LogP contribution in [0.1, 0.15) is 25.3 Å². The van der Waals surface area contributed by atoms with E-state index in [1.807, 2.05) is 0 Å². The van der Waals surface area contributed by atoms with E-state index in [1.54, 1.807) is 0 Å². The van der Waals surface area contributed by atoms with Gasteiger partial charge in [-0.2, -0.15) is 0 Å². The van der Waals surface area contributed by atoms with Crippen molar-refractivity contribution in [3.8, 4) is 0 Å². The number of allylic oxidation sites excluding steroid dienone is 1. The standard InChI is InChI=1S/C16H24N2/c1-15(16-8-3-2-4-9-16)7-5-12-18-13-6-10-17-11-14-18/h2-4,7-9,17H,5-6,10-14H2,1H3/b15-7+. The van der Waals surface area contributed by atoms with E-state index in [-0.39, 0.29) is 0 Å². The third-order valence-electron chi connectivity index (χ3n) is 3.56. The Bertz CT molecular complexity index is 362. The Morgan fingerprint density at radius 1 is 1.22 bits per heavy atom.